The number of hydrogen-bond acceptors (Lipinski definition) is 2. The lowest BCUT2D eigenvalue weighted by atomic mass is 10.1. The van der Waals surface area contributed by atoms with Crippen molar-refractivity contribution in [3.05, 3.63) is 33.0 Å². The van der Waals surface area contributed by atoms with Crippen LogP contribution in [0.2, 0.25) is 5.02 Å². The van der Waals surface area contributed by atoms with Crippen molar-refractivity contribution in [2.24, 2.45) is 0 Å². The monoisotopic (exact) mass is 310 g/mol. The minimum Gasteiger partial charge on any atom is -0.386 e. The average Bonchev–Trinajstić information content (AvgIpc) is 2.26. The summed E-state index contributed by atoms with van der Waals surface area (Å²) >= 11 is 8.82. The molecule has 1 aromatic rings. The van der Waals surface area contributed by atoms with Crippen LogP contribution in [0.15, 0.2) is 16.6 Å². The molecule has 2 nitrogen and oxygen atoms in total. The van der Waals surface area contributed by atoms with E-state index in [0.717, 1.165) is 6.42 Å². The van der Waals surface area contributed by atoms with Gasteiger partial charge in [0.1, 0.15) is 11.9 Å². The molecule has 1 rings (SSSR count). The largest absolute Gasteiger partial charge is 0.386 e. The Balaban J connectivity index is 2.76. The molecule has 0 saturated heterocycles. The molecule has 0 saturated carbocycles. The second-order valence-electron chi connectivity index (χ2n) is 3.36. The minimum absolute atomic E-state index is 0.0213. The Morgan fingerprint density at radius 2 is 2.25 bits per heavy atom. The minimum atomic E-state index is -0.989. The number of rotatable bonds is 5. The lowest BCUT2D eigenvalue weighted by Gasteiger charge is -2.13. The summed E-state index contributed by atoms with van der Waals surface area (Å²) in [6, 6.07) is 3.09. The van der Waals surface area contributed by atoms with E-state index in [9.17, 15) is 9.50 Å². The van der Waals surface area contributed by atoms with Gasteiger partial charge in [-0.05, 0) is 28.4 Å². The van der Waals surface area contributed by atoms with Gasteiger partial charge in [0.15, 0.2) is 0 Å². The standard InChI is InChI=1S/C11H13BrClFO2/c1-2-5-16-6-9(15)7-3-4-8(12)10(13)11(7)14/h3-4,9,15H,2,5-6H2,1H3. The predicted octanol–water partition coefficient (Wildman–Crippen LogP) is 3.70. The molecule has 0 aliphatic heterocycles. The molecule has 1 N–H and O–H groups in total. The molecule has 5 heteroatoms. The zero-order chi connectivity index (χ0) is 12.1. The topological polar surface area (TPSA) is 29.5 Å². The summed E-state index contributed by atoms with van der Waals surface area (Å²) in [5, 5.41) is 9.68. The molecule has 16 heavy (non-hydrogen) atoms. The van der Waals surface area contributed by atoms with Crippen LogP contribution >= 0.6 is 27.5 Å². The summed E-state index contributed by atoms with van der Waals surface area (Å²) in [4.78, 5) is 0. The van der Waals surface area contributed by atoms with Crippen LogP contribution in [0, 0.1) is 5.82 Å². The average molecular weight is 312 g/mol. The molecule has 0 amide bonds. The van der Waals surface area contributed by atoms with Crippen molar-refractivity contribution < 1.29 is 14.2 Å². The lowest BCUT2D eigenvalue weighted by Crippen LogP contribution is -2.09. The highest BCUT2D eigenvalue weighted by molar-refractivity contribution is 9.10. The van der Waals surface area contributed by atoms with Gasteiger partial charge in [0.2, 0.25) is 0 Å². The van der Waals surface area contributed by atoms with Crippen molar-refractivity contribution >= 4 is 27.5 Å². The second kappa shape index (κ2) is 6.55. The molecule has 0 bridgehead atoms. The number of benzene rings is 1. The summed E-state index contributed by atoms with van der Waals surface area (Å²) in [5.41, 5.74) is 0.157. The number of halogens is 3. The zero-order valence-electron chi connectivity index (χ0n) is 8.84. The Hall–Kier alpha value is -0.160. The van der Waals surface area contributed by atoms with Crippen LogP contribution in [-0.4, -0.2) is 18.3 Å². The molecule has 0 aliphatic rings. The van der Waals surface area contributed by atoms with E-state index in [-0.39, 0.29) is 17.2 Å². The fraction of sp³-hybridized carbons (Fsp3) is 0.455. The smallest absolute Gasteiger partial charge is 0.148 e. The third-order valence-corrected chi connectivity index (χ3v) is 3.31. The van der Waals surface area contributed by atoms with Crippen LogP contribution in [0.3, 0.4) is 0 Å². The Morgan fingerprint density at radius 1 is 1.56 bits per heavy atom. The van der Waals surface area contributed by atoms with E-state index in [0.29, 0.717) is 11.1 Å². The Labute approximate surface area is 108 Å². The van der Waals surface area contributed by atoms with Crippen LogP contribution in [0.1, 0.15) is 25.0 Å². The maximum absolute atomic E-state index is 13.6. The van der Waals surface area contributed by atoms with Crippen molar-refractivity contribution in [2.75, 3.05) is 13.2 Å². The van der Waals surface area contributed by atoms with E-state index in [1.54, 1.807) is 6.07 Å². The van der Waals surface area contributed by atoms with Crippen molar-refractivity contribution in [2.45, 2.75) is 19.4 Å². The highest BCUT2D eigenvalue weighted by atomic mass is 79.9. The zero-order valence-corrected chi connectivity index (χ0v) is 11.2. The maximum atomic E-state index is 13.6. The predicted molar refractivity (Wildman–Crippen MR) is 65.2 cm³/mol. The molecule has 90 valence electrons. The van der Waals surface area contributed by atoms with E-state index in [1.165, 1.54) is 6.07 Å². The van der Waals surface area contributed by atoms with E-state index in [4.69, 9.17) is 16.3 Å². The van der Waals surface area contributed by atoms with Crippen LogP contribution < -0.4 is 0 Å². The highest BCUT2D eigenvalue weighted by Gasteiger charge is 2.16. The molecule has 0 aliphatic carbocycles. The van der Waals surface area contributed by atoms with E-state index in [1.807, 2.05) is 6.92 Å². The van der Waals surface area contributed by atoms with Crippen molar-refractivity contribution in [1.29, 1.82) is 0 Å². The molecule has 0 aromatic heterocycles. The van der Waals surface area contributed by atoms with Gasteiger partial charge in [-0.2, -0.15) is 0 Å². The number of ether oxygens (including phenoxy) is 1. The highest BCUT2D eigenvalue weighted by Crippen LogP contribution is 2.30. The van der Waals surface area contributed by atoms with E-state index in [2.05, 4.69) is 15.9 Å². The summed E-state index contributed by atoms with van der Waals surface area (Å²) < 4.78 is 19.3. The van der Waals surface area contributed by atoms with Gasteiger partial charge >= 0.3 is 0 Å². The van der Waals surface area contributed by atoms with Gasteiger partial charge in [-0.15, -0.1) is 0 Å². The van der Waals surface area contributed by atoms with Crippen LogP contribution in [0.25, 0.3) is 0 Å². The Kier molecular flexibility index (Phi) is 5.69. The lowest BCUT2D eigenvalue weighted by molar-refractivity contribution is 0.0346. The molecule has 1 unspecified atom stereocenters. The third kappa shape index (κ3) is 3.42. The third-order valence-electron chi connectivity index (χ3n) is 2.05. The van der Waals surface area contributed by atoms with Crippen molar-refractivity contribution in [3.8, 4) is 0 Å². The van der Waals surface area contributed by atoms with Gasteiger partial charge in [0.25, 0.3) is 0 Å². The van der Waals surface area contributed by atoms with Crippen LogP contribution in [-0.2, 0) is 4.74 Å². The van der Waals surface area contributed by atoms with Gasteiger partial charge in [-0.25, -0.2) is 4.39 Å². The Bertz CT molecular complexity index is 360. The summed E-state index contributed by atoms with van der Waals surface area (Å²) in [7, 11) is 0. The van der Waals surface area contributed by atoms with Gasteiger partial charge in [0, 0.05) is 16.6 Å². The van der Waals surface area contributed by atoms with Gasteiger partial charge in [-0.1, -0.05) is 24.6 Å². The van der Waals surface area contributed by atoms with Crippen molar-refractivity contribution in [3.63, 3.8) is 0 Å². The van der Waals surface area contributed by atoms with Gasteiger partial charge in [0.05, 0.1) is 11.6 Å². The Morgan fingerprint density at radius 3 is 2.88 bits per heavy atom. The first-order valence-corrected chi connectivity index (χ1v) is 6.14. The van der Waals surface area contributed by atoms with Gasteiger partial charge < -0.3 is 9.84 Å². The molecular weight excluding hydrogens is 298 g/mol. The molecule has 0 fully saturated rings. The second-order valence-corrected chi connectivity index (χ2v) is 4.59. The van der Waals surface area contributed by atoms with Crippen LogP contribution in [0.4, 0.5) is 4.39 Å². The summed E-state index contributed by atoms with van der Waals surface area (Å²) in [5.74, 6) is -0.608. The van der Waals surface area contributed by atoms with E-state index < -0.39 is 11.9 Å². The van der Waals surface area contributed by atoms with Crippen molar-refractivity contribution in [1.82, 2.24) is 0 Å². The first kappa shape index (κ1) is 13.9. The summed E-state index contributed by atoms with van der Waals surface area (Å²) in [6.45, 7) is 2.58. The van der Waals surface area contributed by atoms with Gasteiger partial charge in [-0.3, -0.25) is 0 Å². The van der Waals surface area contributed by atoms with E-state index >= 15 is 0 Å². The molecule has 0 radical (unpaired) electrons. The SMILES string of the molecule is CCCOCC(O)c1ccc(Br)c(Cl)c1F. The molecule has 0 heterocycles. The quantitative estimate of drug-likeness (QED) is 0.663. The summed E-state index contributed by atoms with van der Waals surface area (Å²) in [6.07, 6.45) is -0.131. The molecular formula is C11H13BrClFO2. The number of aliphatic hydroxyl groups excluding tert-OH is 1. The van der Waals surface area contributed by atoms with Crippen LogP contribution in [0.5, 0.6) is 0 Å². The first-order chi connectivity index (χ1) is 7.57. The fourth-order valence-corrected chi connectivity index (χ4v) is 1.71. The molecule has 1 atom stereocenters. The molecule has 1 aromatic carbocycles. The molecule has 0 spiro atoms. The maximum Gasteiger partial charge on any atom is 0.148 e. The number of hydrogen-bond donors (Lipinski definition) is 1. The first-order valence-electron chi connectivity index (χ1n) is 4.97. The normalized spacial score (nSPS) is 12.8. The number of aliphatic hydroxyl groups is 1. The fourth-order valence-electron chi connectivity index (χ4n) is 1.23.